The number of hydrogen-bond donors (Lipinski definition) is 1. The van der Waals surface area contributed by atoms with E-state index in [1.807, 2.05) is 11.8 Å². The molecule has 2 amide bonds. The molecule has 1 aliphatic rings. The number of urea groups is 1. The fourth-order valence-electron chi connectivity index (χ4n) is 3.14. The first-order valence-electron chi connectivity index (χ1n) is 9.15. The van der Waals surface area contributed by atoms with E-state index >= 15 is 0 Å². The predicted molar refractivity (Wildman–Crippen MR) is 100 cm³/mol. The summed E-state index contributed by atoms with van der Waals surface area (Å²) in [4.78, 5) is 21.0. The van der Waals surface area contributed by atoms with Gasteiger partial charge in [0.2, 0.25) is 5.89 Å². The molecule has 1 aromatic heterocycles. The number of anilines is 1. The van der Waals surface area contributed by atoms with Crippen LogP contribution >= 0.6 is 0 Å². The Morgan fingerprint density at radius 2 is 1.92 bits per heavy atom. The SMILES string of the molecule is CC[C@@H](NC(=O)N1CCN(c2ccc(C)c(C)c2)CC1)c1noc(C)n1. The van der Waals surface area contributed by atoms with Gasteiger partial charge in [0.1, 0.15) is 0 Å². The summed E-state index contributed by atoms with van der Waals surface area (Å²) in [7, 11) is 0. The Kier molecular flexibility index (Phi) is 5.44. The van der Waals surface area contributed by atoms with E-state index in [2.05, 4.69) is 52.4 Å². The molecule has 140 valence electrons. The summed E-state index contributed by atoms with van der Waals surface area (Å²) in [6.07, 6.45) is 0.716. The topological polar surface area (TPSA) is 74.5 Å². The Bertz CT molecular complexity index is 765. The van der Waals surface area contributed by atoms with Gasteiger partial charge in [0.15, 0.2) is 5.82 Å². The van der Waals surface area contributed by atoms with Crippen molar-refractivity contribution in [1.29, 1.82) is 0 Å². The van der Waals surface area contributed by atoms with Crippen LogP contribution in [0, 0.1) is 20.8 Å². The van der Waals surface area contributed by atoms with Gasteiger partial charge in [-0.2, -0.15) is 4.98 Å². The lowest BCUT2D eigenvalue weighted by molar-refractivity contribution is 0.189. The van der Waals surface area contributed by atoms with Gasteiger partial charge < -0.3 is 19.6 Å². The van der Waals surface area contributed by atoms with Gasteiger partial charge in [0, 0.05) is 38.8 Å². The van der Waals surface area contributed by atoms with Gasteiger partial charge in [0.25, 0.3) is 0 Å². The molecule has 1 aromatic carbocycles. The summed E-state index contributed by atoms with van der Waals surface area (Å²) in [5, 5.41) is 6.95. The third-order valence-electron chi connectivity index (χ3n) is 4.98. The van der Waals surface area contributed by atoms with Crippen LogP contribution < -0.4 is 10.2 Å². The molecule has 1 fully saturated rings. The van der Waals surface area contributed by atoms with Gasteiger partial charge in [-0.25, -0.2) is 4.79 Å². The maximum atomic E-state index is 12.6. The standard InChI is InChI=1S/C19H27N5O2/c1-5-17(18-20-15(4)26-22-18)21-19(25)24-10-8-23(9-11-24)16-7-6-13(2)14(3)12-16/h6-7,12,17H,5,8-11H2,1-4H3,(H,21,25)/t17-/m1/s1. The zero-order valence-corrected chi connectivity index (χ0v) is 16.0. The average Bonchev–Trinajstić information content (AvgIpc) is 3.08. The highest BCUT2D eigenvalue weighted by atomic mass is 16.5. The van der Waals surface area contributed by atoms with Crippen molar-refractivity contribution < 1.29 is 9.32 Å². The van der Waals surface area contributed by atoms with Crippen molar-refractivity contribution in [3.05, 3.63) is 41.0 Å². The number of carbonyl (C=O) groups excluding carboxylic acids is 1. The van der Waals surface area contributed by atoms with E-state index in [-0.39, 0.29) is 12.1 Å². The Morgan fingerprint density at radius 1 is 1.19 bits per heavy atom. The molecule has 0 aliphatic carbocycles. The van der Waals surface area contributed by atoms with Gasteiger partial charge in [-0.05, 0) is 43.5 Å². The van der Waals surface area contributed by atoms with Crippen molar-refractivity contribution in [2.45, 2.75) is 40.2 Å². The molecule has 1 N–H and O–H groups in total. The molecule has 0 unspecified atom stereocenters. The molecule has 0 bridgehead atoms. The van der Waals surface area contributed by atoms with E-state index in [0.717, 1.165) is 13.1 Å². The highest BCUT2D eigenvalue weighted by Gasteiger charge is 2.25. The minimum atomic E-state index is -0.224. The van der Waals surface area contributed by atoms with Crippen LogP contribution in [-0.2, 0) is 0 Å². The second kappa shape index (κ2) is 7.76. The molecule has 7 heteroatoms. The van der Waals surface area contributed by atoms with Crippen LogP contribution in [-0.4, -0.2) is 47.3 Å². The fourth-order valence-corrected chi connectivity index (χ4v) is 3.14. The minimum Gasteiger partial charge on any atom is -0.368 e. The quantitative estimate of drug-likeness (QED) is 0.910. The summed E-state index contributed by atoms with van der Waals surface area (Å²) >= 11 is 0. The fraction of sp³-hybridized carbons (Fsp3) is 0.526. The van der Waals surface area contributed by atoms with Gasteiger partial charge in [-0.3, -0.25) is 0 Å². The van der Waals surface area contributed by atoms with Crippen molar-refractivity contribution >= 4 is 11.7 Å². The van der Waals surface area contributed by atoms with Crippen LogP contribution in [0.25, 0.3) is 0 Å². The van der Waals surface area contributed by atoms with Gasteiger partial charge in [-0.15, -0.1) is 0 Å². The number of carbonyl (C=O) groups is 1. The molecular formula is C19H27N5O2. The van der Waals surface area contributed by atoms with Crippen molar-refractivity contribution in [3.8, 4) is 0 Å². The number of rotatable bonds is 4. The van der Waals surface area contributed by atoms with Crippen LogP contribution in [0.2, 0.25) is 0 Å². The van der Waals surface area contributed by atoms with Gasteiger partial charge in [-0.1, -0.05) is 18.1 Å². The van der Waals surface area contributed by atoms with Gasteiger partial charge in [0.05, 0.1) is 6.04 Å². The van der Waals surface area contributed by atoms with E-state index in [1.165, 1.54) is 16.8 Å². The number of amides is 2. The van der Waals surface area contributed by atoms with Crippen LogP contribution in [0.4, 0.5) is 10.5 Å². The molecule has 1 atom stereocenters. The number of piperazine rings is 1. The van der Waals surface area contributed by atoms with E-state index in [0.29, 0.717) is 31.2 Å². The van der Waals surface area contributed by atoms with E-state index in [9.17, 15) is 4.79 Å². The van der Waals surface area contributed by atoms with Crippen molar-refractivity contribution in [2.75, 3.05) is 31.1 Å². The third-order valence-corrected chi connectivity index (χ3v) is 4.98. The van der Waals surface area contributed by atoms with Crippen LogP contribution in [0.15, 0.2) is 22.7 Å². The first-order chi connectivity index (χ1) is 12.5. The molecule has 7 nitrogen and oxygen atoms in total. The van der Waals surface area contributed by atoms with Crippen molar-refractivity contribution in [3.63, 3.8) is 0 Å². The predicted octanol–water partition coefficient (Wildman–Crippen LogP) is 2.98. The lowest BCUT2D eigenvalue weighted by atomic mass is 10.1. The monoisotopic (exact) mass is 357 g/mol. The number of hydrogen-bond acceptors (Lipinski definition) is 5. The maximum absolute atomic E-state index is 12.6. The molecule has 1 saturated heterocycles. The van der Waals surface area contributed by atoms with Crippen LogP contribution in [0.5, 0.6) is 0 Å². The highest BCUT2D eigenvalue weighted by molar-refractivity contribution is 5.75. The number of nitrogens with zero attached hydrogens (tertiary/aromatic N) is 4. The molecule has 1 aliphatic heterocycles. The number of nitrogens with one attached hydrogen (secondary N) is 1. The Morgan fingerprint density at radius 3 is 2.50 bits per heavy atom. The molecule has 2 heterocycles. The second-order valence-electron chi connectivity index (χ2n) is 6.82. The normalized spacial score (nSPS) is 15.8. The van der Waals surface area contributed by atoms with Gasteiger partial charge >= 0.3 is 6.03 Å². The van der Waals surface area contributed by atoms with E-state index < -0.39 is 0 Å². The zero-order chi connectivity index (χ0) is 18.7. The molecular weight excluding hydrogens is 330 g/mol. The first-order valence-corrected chi connectivity index (χ1v) is 9.15. The molecule has 26 heavy (non-hydrogen) atoms. The summed E-state index contributed by atoms with van der Waals surface area (Å²) < 4.78 is 5.02. The smallest absolute Gasteiger partial charge is 0.318 e. The Labute approximate surface area is 154 Å². The zero-order valence-electron chi connectivity index (χ0n) is 16.0. The average molecular weight is 357 g/mol. The maximum Gasteiger partial charge on any atom is 0.318 e. The Hall–Kier alpha value is -2.57. The van der Waals surface area contributed by atoms with Crippen molar-refractivity contribution in [1.82, 2.24) is 20.4 Å². The molecule has 0 saturated carbocycles. The van der Waals surface area contributed by atoms with E-state index in [4.69, 9.17) is 4.52 Å². The largest absolute Gasteiger partial charge is 0.368 e. The van der Waals surface area contributed by atoms with Crippen LogP contribution in [0.1, 0.15) is 42.2 Å². The summed E-state index contributed by atoms with van der Waals surface area (Å²) in [6.45, 7) is 11.0. The molecule has 3 rings (SSSR count). The summed E-state index contributed by atoms with van der Waals surface area (Å²) in [5.41, 5.74) is 3.82. The first kappa shape index (κ1) is 18.2. The summed E-state index contributed by atoms with van der Waals surface area (Å²) in [6, 6.07) is 6.24. The second-order valence-corrected chi connectivity index (χ2v) is 6.82. The lowest BCUT2D eigenvalue weighted by Gasteiger charge is -2.36. The molecule has 2 aromatic rings. The lowest BCUT2D eigenvalue weighted by Crippen LogP contribution is -2.52. The van der Waals surface area contributed by atoms with Crippen molar-refractivity contribution in [2.24, 2.45) is 0 Å². The summed E-state index contributed by atoms with van der Waals surface area (Å²) in [5.74, 6) is 1.04. The van der Waals surface area contributed by atoms with Crippen LogP contribution in [0.3, 0.4) is 0 Å². The number of aromatic nitrogens is 2. The Balaban J connectivity index is 1.56. The van der Waals surface area contributed by atoms with E-state index in [1.54, 1.807) is 6.92 Å². The molecule has 0 radical (unpaired) electrons. The number of benzene rings is 1. The number of aryl methyl sites for hydroxylation is 3. The molecule has 0 spiro atoms. The highest BCUT2D eigenvalue weighted by Crippen LogP contribution is 2.21. The minimum absolute atomic E-state index is 0.0703. The third kappa shape index (κ3) is 3.98.